The topological polar surface area (TPSA) is 9.23 Å². The molecule has 0 radical (unpaired) electrons. The fourth-order valence-corrected chi connectivity index (χ4v) is 2.65. The van der Waals surface area contributed by atoms with Crippen LogP contribution in [0.5, 0.6) is 0 Å². The van der Waals surface area contributed by atoms with Gasteiger partial charge in [-0.15, -0.1) is 11.6 Å². The van der Waals surface area contributed by atoms with Gasteiger partial charge in [0.2, 0.25) is 0 Å². The summed E-state index contributed by atoms with van der Waals surface area (Å²) < 4.78 is 5.61. The van der Waals surface area contributed by atoms with Crippen molar-refractivity contribution in [3.63, 3.8) is 0 Å². The molecule has 1 aliphatic carbocycles. The molecule has 0 aromatic rings. The highest BCUT2D eigenvalue weighted by Crippen LogP contribution is 2.29. The molecule has 0 saturated heterocycles. The Morgan fingerprint density at radius 2 is 1.93 bits per heavy atom. The monoisotopic (exact) mass is 232 g/mol. The molecule has 2 unspecified atom stereocenters. The summed E-state index contributed by atoms with van der Waals surface area (Å²) in [5.41, 5.74) is 0. The molecule has 0 heterocycles. The van der Waals surface area contributed by atoms with Gasteiger partial charge >= 0.3 is 0 Å². The molecule has 0 bridgehead atoms. The largest absolute Gasteiger partial charge is 0.381 e. The van der Waals surface area contributed by atoms with Crippen LogP contribution in [0, 0.1) is 5.92 Å². The molecule has 15 heavy (non-hydrogen) atoms. The van der Waals surface area contributed by atoms with Crippen molar-refractivity contribution >= 4 is 11.6 Å². The van der Waals surface area contributed by atoms with Crippen molar-refractivity contribution in [2.75, 3.05) is 13.2 Å². The maximum absolute atomic E-state index is 6.37. The van der Waals surface area contributed by atoms with E-state index in [1.807, 2.05) is 0 Å². The summed E-state index contributed by atoms with van der Waals surface area (Å²) in [7, 11) is 0. The van der Waals surface area contributed by atoms with E-state index in [1.54, 1.807) is 0 Å². The van der Waals surface area contributed by atoms with Gasteiger partial charge in [-0.25, -0.2) is 0 Å². The average molecular weight is 233 g/mol. The first-order valence-electron chi connectivity index (χ1n) is 6.56. The smallest absolute Gasteiger partial charge is 0.0469 e. The molecule has 1 rings (SSSR count). The van der Waals surface area contributed by atoms with Crippen molar-refractivity contribution in [3.8, 4) is 0 Å². The Balaban J connectivity index is 2.07. The van der Waals surface area contributed by atoms with Gasteiger partial charge in [-0.2, -0.15) is 0 Å². The zero-order chi connectivity index (χ0) is 10.9. The second kappa shape index (κ2) is 8.41. The number of hydrogen-bond acceptors (Lipinski definition) is 1. The average Bonchev–Trinajstić information content (AvgIpc) is 2.44. The van der Waals surface area contributed by atoms with Crippen molar-refractivity contribution in [1.29, 1.82) is 0 Å². The summed E-state index contributed by atoms with van der Waals surface area (Å²) in [4.78, 5) is 0. The minimum absolute atomic E-state index is 0.405. The van der Waals surface area contributed by atoms with Crippen LogP contribution in [0.25, 0.3) is 0 Å². The number of unbranched alkanes of at least 4 members (excludes halogenated alkanes) is 1. The van der Waals surface area contributed by atoms with E-state index in [4.69, 9.17) is 16.3 Å². The van der Waals surface area contributed by atoms with Crippen LogP contribution in [-0.4, -0.2) is 18.6 Å². The Morgan fingerprint density at radius 1 is 1.13 bits per heavy atom. The lowest BCUT2D eigenvalue weighted by Gasteiger charge is -2.19. The number of rotatable bonds is 6. The van der Waals surface area contributed by atoms with Gasteiger partial charge in [0.05, 0.1) is 0 Å². The van der Waals surface area contributed by atoms with Gasteiger partial charge in [-0.1, -0.05) is 32.6 Å². The van der Waals surface area contributed by atoms with Crippen molar-refractivity contribution in [3.05, 3.63) is 0 Å². The Hall–Kier alpha value is 0.250. The number of halogens is 1. The molecule has 0 spiro atoms. The lowest BCUT2D eigenvalue weighted by atomic mass is 9.97. The van der Waals surface area contributed by atoms with Crippen LogP contribution in [0.2, 0.25) is 0 Å². The molecule has 0 aromatic carbocycles. The molecule has 0 N–H and O–H groups in total. The summed E-state index contributed by atoms with van der Waals surface area (Å²) in [5, 5.41) is 0.405. The van der Waals surface area contributed by atoms with Gasteiger partial charge in [0.1, 0.15) is 0 Å². The molecular formula is C13H25ClO. The summed E-state index contributed by atoms with van der Waals surface area (Å²) >= 11 is 6.37. The molecule has 0 aliphatic heterocycles. The SMILES string of the molecule is CCCCOCCC1CCCCCC1Cl. The number of ether oxygens (including phenoxy) is 1. The van der Waals surface area contributed by atoms with E-state index >= 15 is 0 Å². The predicted octanol–water partition coefficient (Wildman–Crippen LogP) is 4.38. The molecule has 1 saturated carbocycles. The Morgan fingerprint density at radius 3 is 2.73 bits per heavy atom. The van der Waals surface area contributed by atoms with Gasteiger partial charge in [0.25, 0.3) is 0 Å². The second-order valence-electron chi connectivity index (χ2n) is 4.67. The molecular weight excluding hydrogens is 208 g/mol. The molecule has 0 aromatic heterocycles. The van der Waals surface area contributed by atoms with Crippen LogP contribution in [0.4, 0.5) is 0 Å². The zero-order valence-electron chi connectivity index (χ0n) is 10.0. The first-order chi connectivity index (χ1) is 7.34. The van der Waals surface area contributed by atoms with E-state index in [2.05, 4.69) is 6.92 Å². The molecule has 90 valence electrons. The molecule has 2 heteroatoms. The van der Waals surface area contributed by atoms with Gasteiger partial charge in [0.15, 0.2) is 0 Å². The van der Waals surface area contributed by atoms with E-state index < -0.39 is 0 Å². The lowest BCUT2D eigenvalue weighted by molar-refractivity contribution is 0.115. The van der Waals surface area contributed by atoms with Crippen LogP contribution >= 0.6 is 11.6 Å². The van der Waals surface area contributed by atoms with Crippen LogP contribution in [0.1, 0.15) is 58.3 Å². The van der Waals surface area contributed by atoms with E-state index in [1.165, 1.54) is 44.9 Å². The van der Waals surface area contributed by atoms with Gasteiger partial charge in [-0.05, 0) is 31.6 Å². The fourth-order valence-electron chi connectivity index (χ4n) is 2.25. The zero-order valence-corrected chi connectivity index (χ0v) is 10.8. The summed E-state index contributed by atoms with van der Waals surface area (Å²) in [5.74, 6) is 0.704. The number of hydrogen-bond donors (Lipinski definition) is 0. The summed E-state index contributed by atoms with van der Waals surface area (Å²) in [6, 6.07) is 0. The Bertz CT molecular complexity index is 149. The standard InChI is InChI=1S/C13H25ClO/c1-2-3-10-15-11-9-12-7-5-4-6-8-13(12)14/h12-13H,2-11H2,1H3. The minimum atomic E-state index is 0.405. The normalized spacial score (nSPS) is 27.6. The van der Waals surface area contributed by atoms with E-state index in [0.717, 1.165) is 19.6 Å². The van der Waals surface area contributed by atoms with Gasteiger partial charge in [0, 0.05) is 18.6 Å². The Labute approximate surface area is 99.5 Å². The molecule has 2 atom stereocenters. The molecule has 1 fully saturated rings. The minimum Gasteiger partial charge on any atom is -0.381 e. The lowest BCUT2D eigenvalue weighted by Crippen LogP contribution is -2.15. The van der Waals surface area contributed by atoms with E-state index in [-0.39, 0.29) is 0 Å². The second-order valence-corrected chi connectivity index (χ2v) is 5.23. The van der Waals surface area contributed by atoms with Crippen molar-refractivity contribution < 1.29 is 4.74 Å². The van der Waals surface area contributed by atoms with Crippen molar-refractivity contribution in [2.24, 2.45) is 5.92 Å². The quantitative estimate of drug-likeness (QED) is 0.375. The van der Waals surface area contributed by atoms with Crippen LogP contribution in [0.15, 0.2) is 0 Å². The van der Waals surface area contributed by atoms with Crippen molar-refractivity contribution in [2.45, 2.75) is 63.7 Å². The first-order valence-corrected chi connectivity index (χ1v) is 7.00. The summed E-state index contributed by atoms with van der Waals surface area (Å²) in [6.07, 6.45) is 10.2. The summed E-state index contributed by atoms with van der Waals surface area (Å²) in [6.45, 7) is 4.04. The first kappa shape index (κ1) is 13.3. The number of alkyl halides is 1. The fraction of sp³-hybridized carbons (Fsp3) is 1.00. The van der Waals surface area contributed by atoms with Crippen molar-refractivity contribution in [1.82, 2.24) is 0 Å². The molecule has 1 nitrogen and oxygen atoms in total. The third kappa shape index (κ3) is 5.77. The van der Waals surface area contributed by atoms with Gasteiger partial charge in [-0.3, -0.25) is 0 Å². The molecule has 0 amide bonds. The highest BCUT2D eigenvalue weighted by atomic mass is 35.5. The highest BCUT2D eigenvalue weighted by Gasteiger charge is 2.21. The van der Waals surface area contributed by atoms with Gasteiger partial charge < -0.3 is 4.74 Å². The maximum atomic E-state index is 6.37. The van der Waals surface area contributed by atoms with E-state index in [0.29, 0.717) is 11.3 Å². The third-order valence-electron chi connectivity index (χ3n) is 3.34. The highest BCUT2D eigenvalue weighted by molar-refractivity contribution is 6.20. The maximum Gasteiger partial charge on any atom is 0.0469 e. The Kier molecular flexibility index (Phi) is 7.46. The van der Waals surface area contributed by atoms with Crippen LogP contribution < -0.4 is 0 Å². The third-order valence-corrected chi connectivity index (χ3v) is 3.92. The van der Waals surface area contributed by atoms with Crippen LogP contribution in [-0.2, 0) is 4.74 Å². The van der Waals surface area contributed by atoms with Crippen LogP contribution in [0.3, 0.4) is 0 Å². The van der Waals surface area contributed by atoms with E-state index in [9.17, 15) is 0 Å². The molecule has 1 aliphatic rings. The predicted molar refractivity (Wildman–Crippen MR) is 66.6 cm³/mol.